The van der Waals surface area contributed by atoms with E-state index >= 15 is 0 Å². The van der Waals surface area contributed by atoms with Crippen molar-refractivity contribution in [3.8, 4) is 0 Å². The van der Waals surface area contributed by atoms with Gasteiger partial charge in [0.2, 0.25) is 0 Å². The molecule has 0 spiro atoms. The van der Waals surface area contributed by atoms with Crippen LogP contribution in [0.15, 0.2) is 12.7 Å². The van der Waals surface area contributed by atoms with E-state index in [1.807, 2.05) is 6.08 Å². The molecule has 2 heteroatoms. The van der Waals surface area contributed by atoms with Gasteiger partial charge in [0.25, 0.3) is 0 Å². The summed E-state index contributed by atoms with van der Waals surface area (Å²) in [5.74, 6) is 0.704. The highest BCUT2D eigenvalue weighted by Crippen LogP contribution is 2.26. The van der Waals surface area contributed by atoms with Gasteiger partial charge in [-0.25, -0.2) is 0 Å². The van der Waals surface area contributed by atoms with Crippen LogP contribution >= 0.6 is 0 Å². The van der Waals surface area contributed by atoms with E-state index in [9.17, 15) is 0 Å². The fraction of sp³-hybridized carbons (Fsp3) is 0.833. The Morgan fingerprint density at radius 2 is 2.14 bits per heavy atom. The molecule has 0 amide bonds. The van der Waals surface area contributed by atoms with E-state index < -0.39 is 0 Å². The molecule has 0 heterocycles. The van der Waals surface area contributed by atoms with Crippen molar-refractivity contribution < 1.29 is 0 Å². The van der Waals surface area contributed by atoms with E-state index in [0.717, 1.165) is 25.6 Å². The van der Waals surface area contributed by atoms with Crippen molar-refractivity contribution in [1.82, 2.24) is 4.90 Å². The predicted molar refractivity (Wildman–Crippen MR) is 62.2 cm³/mol. The number of hydrogen-bond donors (Lipinski definition) is 1. The van der Waals surface area contributed by atoms with Crippen molar-refractivity contribution in [3.63, 3.8) is 0 Å². The lowest BCUT2D eigenvalue weighted by atomic mass is 10.0. The molecule has 14 heavy (non-hydrogen) atoms. The quantitative estimate of drug-likeness (QED) is 0.631. The second-order valence-corrected chi connectivity index (χ2v) is 4.86. The van der Waals surface area contributed by atoms with Crippen LogP contribution in [-0.4, -0.2) is 30.1 Å². The number of nitrogens with zero attached hydrogens (tertiary/aromatic N) is 1. The lowest BCUT2D eigenvalue weighted by molar-refractivity contribution is 0.260. The largest absolute Gasteiger partial charge is 0.327 e. The van der Waals surface area contributed by atoms with E-state index in [2.05, 4.69) is 25.3 Å². The Hall–Kier alpha value is -0.340. The van der Waals surface area contributed by atoms with Crippen LogP contribution in [0.3, 0.4) is 0 Å². The van der Waals surface area contributed by atoms with Crippen LogP contribution in [0.25, 0.3) is 0 Å². The molecule has 1 atom stereocenters. The zero-order valence-electron chi connectivity index (χ0n) is 9.58. The predicted octanol–water partition coefficient (Wildman–Crippen LogP) is 2.01. The third kappa shape index (κ3) is 4.25. The first-order valence-electron chi connectivity index (χ1n) is 5.74. The Morgan fingerprint density at radius 1 is 1.50 bits per heavy atom. The molecule has 82 valence electrons. The first-order valence-corrected chi connectivity index (χ1v) is 5.74. The van der Waals surface area contributed by atoms with Crippen molar-refractivity contribution >= 4 is 0 Å². The maximum atomic E-state index is 6.10. The summed E-state index contributed by atoms with van der Waals surface area (Å²) in [4.78, 5) is 2.47. The molecule has 1 fully saturated rings. The Labute approximate surface area is 88.2 Å². The minimum Gasteiger partial charge on any atom is -0.327 e. The molecule has 1 unspecified atom stereocenters. The molecule has 2 nitrogen and oxygen atoms in total. The molecule has 0 bridgehead atoms. The zero-order valence-corrected chi connectivity index (χ0v) is 9.58. The highest BCUT2D eigenvalue weighted by Gasteiger charge is 2.28. The Morgan fingerprint density at radius 3 is 2.57 bits per heavy atom. The Bertz CT molecular complexity index is 173. The summed E-state index contributed by atoms with van der Waals surface area (Å²) in [5, 5.41) is 0. The first kappa shape index (κ1) is 11.7. The topological polar surface area (TPSA) is 29.3 Å². The van der Waals surface area contributed by atoms with E-state index in [-0.39, 0.29) is 0 Å². The van der Waals surface area contributed by atoms with Gasteiger partial charge in [-0.05, 0) is 25.2 Å². The van der Waals surface area contributed by atoms with Gasteiger partial charge < -0.3 is 5.73 Å². The lowest BCUT2D eigenvalue weighted by Gasteiger charge is -2.25. The zero-order chi connectivity index (χ0) is 10.6. The second kappa shape index (κ2) is 5.52. The monoisotopic (exact) mass is 196 g/mol. The summed E-state index contributed by atoms with van der Waals surface area (Å²) in [5.41, 5.74) is 6.10. The summed E-state index contributed by atoms with van der Waals surface area (Å²) in [6.45, 7) is 10.3. The molecular formula is C12H24N2. The van der Waals surface area contributed by atoms with Crippen molar-refractivity contribution in [3.05, 3.63) is 12.7 Å². The average molecular weight is 196 g/mol. The summed E-state index contributed by atoms with van der Waals surface area (Å²) >= 11 is 0. The van der Waals surface area contributed by atoms with Gasteiger partial charge in [-0.15, -0.1) is 6.58 Å². The molecule has 1 saturated carbocycles. The average Bonchev–Trinajstić information content (AvgIpc) is 2.83. The Kier molecular flexibility index (Phi) is 4.63. The molecule has 0 aromatic heterocycles. The molecular weight excluding hydrogens is 172 g/mol. The number of nitrogens with two attached hydrogens (primary N) is 1. The third-order valence-corrected chi connectivity index (χ3v) is 2.67. The van der Waals surface area contributed by atoms with Crippen LogP contribution < -0.4 is 5.73 Å². The van der Waals surface area contributed by atoms with Gasteiger partial charge in [0.05, 0.1) is 0 Å². The van der Waals surface area contributed by atoms with Crippen LogP contribution in [0.2, 0.25) is 0 Å². The molecule has 0 aliphatic heterocycles. The normalized spacial score (nSPS) is 18.9. The number of hydrogen-bond acceptors (Lipinski definition) is 2. The van der Waals surface area contributed by atoms with Crippen LogP contribution in [0.1, 0.15) is 33.1 Å². The van der Waals surface area contributed by atoms with Gasteiger partial charge in [0.15, 0.2) is 0 Å². The van der Waals surface area contributed by atoms with E-state index in [4.69, 9.17) is 5.73 Å². The second-order valence-electron chi connectivity index (χ2n) is 4.86. The maximum absolute atomic E-state index is 6.10. The summed E-state index contributed by atoms with van der Waals surface area (Å²) < 4.78 is 0. The first-order chi connectivity index (χ1) is 6.63. The van der Waals surface area contributed by atoms with Gasteiger partial charge in [0.1, 0.15) is 0 Å². The van der Waals surface area contributed by atoms with Crippen LogP contribution in [-0.2, 0) is 0 Å². The van der Waals surface area contributed by atoms with Gasteiger partial charge in [0, 0.05) is 25.2 Å². The smallest absolute Gasteiger partial charge is 0.0170 e. The van der Waals surface area contributed by atoms with E-state index in [1.54, 1.807) is 0 Å². The highest BCUT2D eigenvalue weighted by atomic mass is 15.2. The fourth-order valence-electron chi connectivity index (χ4n) is 1.96. The Balaban J connectivity index is 2.26. The van der Waals surface area contributed by atoms with Crippen LogP contribution in [0, 0.1) is 5.92 Å². The van der Waals surface area contributed by atoms with Crippen molar-refractivity contribution in [2.75, 3.05) is 13.1 Å². The summed E-state index contributed by atoms with van der Waals surface area (Å²) in [7, 11) is 0. The summed E-state index contributed by atoms with van der Waals surface area (Å²) in [6.07, 6.45) is 5.81. The van der Waals surface area contributed by atoms with E-state index in [1.165, 1.54) is 12.8 Å². The standard InChI is InChI=1S/C12H24N2/c1-4-7-14(12-5-6-12)9-11(13)8-10(2)3/h4,10-12H,1,5-9,13H2,2-3H3. The molecule has 2 N–H and O–H groups in total. The van der Waals surface area contributed by atoms with Gasteiger partial charge in [-0.2, -0.15) is 0 Å². The van der Waals surface area contributed by atoms with Crippen molar-refractivity contribution in [1.29, 1.82) is 0 Å². The van der Waals surface area contributed by atoms with Gasteiger partial charge in [-0.3, -0.25) is 4.90 Å². The minimum absolute atomic E-state index is 0.329. The minimum atomic E-state index is 0.329. The van der Waals surface area contributed by atoms with Crippen molar-refractivity contribution in [2.45, 2.75) is 45.2 Å². The number of rotatable bonds is 7. The fourth-order valence-corrected chi connectivity index (χ4v) is 1.96. The molecule has 0 saturated heterocycles. The van der Waals surface area contributed by atoms with Crippen LogP contribution in [0.5, 0.6) is 0 Å². The third-order valence-electron chi connectivity index (χ3n) is 2.67. The molecule has 0 aromatic carbocycles. The van der Waals surface area contributed by atoms with Crippen LogP contribution in [0.4, 0.5) is 0 Å². The SMILES string of the molecule is C=CCN(CC(N)CC(C)C)C1CC1. The molecule has 1 rings (SSSR count). The molecule has 0 aromatic rings. The van der Waals surface area contributed by atoms with Gasteiger partial charge in [-0.1, -0.05) is 19.9 Å². The maximum Gasteiger partial charge on any atom is 0.0170 e. The van der Waals surface area contributed by atoms with Gasteiger partial charge >= 0.3 is 0 Å². The highest BCUT2D eigenvalue weighted by molar-refractivity contribution is 4.89. The summed E-state index contributed by atoms with van der Waals surface area (Å²) in [6, 6.07) is 1.13. The van der Waals surface area contributed by atoms with Crippen molar-refractivity contribution in [2.24, 2.45) is 11.7 Å². The molecule has 1 aliphatic rings. The molecule has 1 aliphatic carbocycles. The molecule has 0 radical (unpaired) electrons. The lowest BCUT2D eigenvalue weighted by Crippen LogP contribution is -2.39. The van der Waals surface area contributed by atoms with E-state index in [0.29, 0.717) is 12.0 Å².